The molecule has 0 saturated heterocycles. The number of H-pyrrole nitrogens is 1. The van der Waals surface area contributed by atoms with Crippen LogP contribution in [0.1, 0.15) is 19.1 Å². The van der Waals surface area contributed by atoms with E-state index in [1.165, 1.54) is 19.1 Å². The monoisotopic (exact) mass is 379 g/mol. The fourth-order valence-corrected chi connectivity index (χ4v) is 4.07. The van der Waals surface area contributed by atoms with E-state index in [2.05, 4.69) is 4.98 Å². The summed E-state index contributed by atoms with van der Waals surface area (Å²) in [5.74, 6) is -1.61. The first-order valence-electron chi connectivity index (χ1n) is 7.56. The molecule has 2 aromatic carbocycles. The van der Waals surface area contributed by atoms with E-state index in [1.807, 2.05) is 0 Å². The summed E-state index contributed by atoms with van der Waals surface area (Å²) < 4.78 is 12.5. The third-order valence-electron chi connectivity index (χ3n) is 4.16. The van der Waals surface area contributed by atoms with Crippen LogP contribution in [0.3, 0.4) is 0 Å². The first-order valence-corrected chi connectivity index (χ1v) is 9.24. The Kier molecular flexibility index (Phi) is 4.27. The number of nitro benzene ring substituents is 1. The van der Waals surface area contributed by atoms with E-state index in [-0.39, 0.29) is 28.5 Å². The lowest BCUT2D eigenvalue weighted by atomic mass is 10.1. The summed E-state index contributed by atoms with van der Waals surface area (Å²) in [7, 11) is -4.81. The Bertz CT molecular complexity index is 1210. The van der Waals surface area contributed by atoms with Gasteiger partial charge < -0.3 is 14.8 Å². The topological polar surface area (TPSA) is 156 Å². The Morgan fingerprint density at radius 1 is 1.27 bits per heavy atom. The highest BCUT2D eigenvalue weighted by Gasteiger charge is 2.32. The first kappa shape index (κ1) is 18.0. The summed E-state index contributed by atoms with van der Waals surface area (Å²) in [6.07, 6.45) is -0.149. The molecule has 0 aliphatic heterocycles. The van der Waals surface area contributed by atoms with Crippen molar-refractivity contribution in [2.45, 2.75) is 19.1 Å². The molecule has 0 aliphatic carbocycles. The summed E-state index contributed by atoms with van der Waals surface area (Å²) in [5.41, 5.74) is -2.60. The Morgan fingerprint density at radius 2 is 1.88 bits per heavy atom. The molecule has 0 aliphatic rings. The van der Waals surface area contributed by atoms with Gasteiger partial charge in [0.25, 0.3) is 5.69 Å². The number of aromatic amines is 1. The maximum atomic E-state index is 12.4. The number of nitrogens with one attached hydrogen (secondary N) is 1. The van der Waals surface area contributed by atoms with Crippen molar-refractivity contribution in [1.82, 2.24) is 9.55 Å². The third-order valence-corrected chi connectivity index (χ3v) is 5.53. The van der Waals surface area contributed by atoms with Crippen LogP contribution in [0.5, 0.6) is 0 Å². The van der Waals surface area contributed by atoms with E-state index >= 15 is 0 Å². The Morgan fingerprint density at radius 3 is 2.42 bits per heavy atom. The van der Waals surface area contributed by atoms with E-state index in [9.17, 15) is 34.1 Å². The standard InChI is InChI=1S/C15H14N3O7P/c1-2-12(26(23,24)25)17-11-7-10(18(21)22)8-5-3-4-6-9(8)13(11)16-14(19)15(17)20/h3-7,12H,2H2,1H3,(H,16,19)(H2,23,24,25). The molecule has 136 valence electrons. The summed E-state index contributed by atoms with van der Waals surface area (Å²) >= 11 is 0. The third kappa shape index (κ3) is 2.74. The van der Waals surface area contributed by atoms with Gasteiger partial charge in [0.1, 0.15) is 5.78 Å². The van der Waals surface area contributed by atoms with Crippen molar-refractivity contribution in [1.29, 1.82) is 0 Å². The molecule has 3 N–H and O–H groups in total. The molecular weight excluding hydrogens is 365 g/mol. The van der Waals surface area contributed by atoms with Gasteiger partial charge >= 0.3 is 18.7 Å². The Hall–Kier alpha value is -2.81. The summed E-state index contributed by atoms with van der Waals surface area (Å²) in [6, 6.07) is 7.24. The SMILES string of the molecule is CCC(n1c(=O)c(=O)[nH]c2c3ccccc3c([N+](=O)[O-])cc21)P(=O)(O)O. The van der Waals surface area contributed by atoms with Gasteiger partial charge in [0.2, 0.25) is 0 Å². The molecule has 10 nitrogen and oxygen atoms in total. The summed E-state index contributed by atoms with van der Waals surface area (Å²) in [5, 5.41) is 12.0. The van der Waals surface area contributed by atoms with Gasteiger partial charge in [-0.1, -0.05) is 25.1 Å². The van der Waals surface area contributed by atoms with E-state index in [0.717, 1.165) is 6.07 Å². The van der Waals surface area contributed by atoms with Gasteiger partial charge in [-0.05, 0) is 12.5 Å². The molecule has 3 rings (SSSR count). The Balaban J connectivity index is 2.63. The van der Waals surface area contributed by atoms with E-state index in [0.29, 0.717) is 9.95 Å². The number of nitrogens with zero attached hydrogens (tertiary/aromatic N) is 2. The van der Waals surface area contributed by atoms with Crippen LogP contribution in [0.25, 0.3) is 21.8 Å². The second-order valence-corrected chi connectivity index (χ2v) is 7.47. The lowest BCUT2D eigenvalue weighted by molar-refractivity contribution is -0.383. The van der Waals surface area contributed by atoms with Crippen LogP contribution in [-0.2, 0) is 4.57 Å². The van der Waals surface area contributed by atoms with Gasteiger partial charge in [-0.25, -0.2) is 0 Å². The number of fused-ring (bicyclic) bond motifs is 3. The van der Waals surface area contributed by atoms with Crippen LogP contribution in [0, 0.1) is 10.1 Å². The highest BCUT2D eigenvalue weighted by Crippen LogP contribution is 2.51. The molecule has 0 radical (unpaired) electrons. The van der Waals surface area contributed by atoms with Crippen molar-refractivity contribution >= 4 is 35.1 Å². The number of hydrogen-bond acceptors (Lipinski definition) is 5. The molecule has 0 bridgehead atoms. The minimum Gasteiger partial charge on any atom is -0.323 e. The molecule has 1 unspecified atom stereocenters. The van der Waals surface area contributed by atoms with Crippen LogP contribution in [0.2, 0.25) is 0 Å². The van der Waals surface area contributed by atoms with Crippen molar-refractivity contribution in [3.63, 3.8) is 0 Å². The average molecular weight is 379 g/mol. The average Bonchev–Trinajstić information content (AvgIpc) is 2.57. The van der Waals surface area contributed by atoms with Crippen molar-refractivity contribution in [2.75, 3.05) is 0 Å². The van der Waals surface area contributed by atoms with Crippen LogP contribution < -0.4 is 11.1 Å². The number of non-ortho nitro benzene ring substituents is 1. The zero-order valence-electron chi connectivity index (χ0n) is 13.4. The first-order chi connectivity index (χ1) is 12.2. The zero-order chi connectivity index (χ0) is 19.2. The molecule has 0 fully saturated rings. The molecule has 26 heavy (non-hydrogen) atoms. The molecule has 3 aromatic rings. The second kappa shape index (κ2) is 6.17. The van der Waals surface area contributed by atoms with E-state index in [1.54, 1.807) is 12.1 Å². The number of hydrogen-bond donors (Lipinski definition) is 3. The van der Waals surface area contributed by atoms with Crippen molar-refractivity contribution in [3.05, 3.63) is 61.2 Å². The lowest BCUT2D eigenvalue weighted by Crippen LogP contribution is -2.38. The predicted molar refractivity (Wildman–Crippen MR) is 94.4 cm³/mol. The molecule has 1 atom stereocenters. The normalized spacial score (nSPS) is 13.2. The van der Waals surface area contributed by atoms with Crippen LogP contribution >= 0.6 is 7.60 Å². The van der Waals surface area contributed by atoms with Crippen LogP contribution in [0.4, 0.5) is 5.69 Å². The summed E-state index contributed by atoms with van der Waals surface area (Å²) in [4.78, 5) is 56.8. The largest absolute Gasteiger partial charge is 0.348 e. The number of nitro groups is 1. The molecule has 11 heteroatoms. The van der Waals surface area contributed by atoms with Gasteiger partial charge in [-0.15, -0.1) is 0 Å². The van der Waals surface area contributed by atoms with E-state index < -0.39 is 29.4 Å². The number of aromatic nitrogens is 2. The van der Waals surface area contributed by atoms with Crippen LogP contribution in [-0.4, -0.2) is 24.3 Å². The van der Waals surface area contributed by atoms with Gasteiger partial charge in [0.15, 0.2) is 0 Å². The van der Waals surface area contributed by atoms with Gasteiger partial charge in [-0.3, -0.25) is 28.8 Å². The minimum atomic E-state index is -4.81. The quantitative estimate of drug-likeness (QED) is 0.205. The van der Waals surface area contributed by atoms with E-state index in [4.69, 9.17) is 0 Å². The van der Waals surface area contributed by atoms with Crippen LogP contribution in [0.15, 0.2) is 39.9 Å². The Labute approximate surface area is 145 Å². The fourth-order valence-electron chi connectivity index (χ4n) is 3.07. The lowest BCUT2D eigenvalue weighted by Gasteiger charge is -2.21. The molecule has 0 amide bonds. The minimum absolute atomic E-state index is 0.0997. The fraction of sp³-hybridized carbons (Fsp3) is 0.200. The highest BCUT2D eigenvalue weighted by molar-refractivity contribution is 7.51. The number of benzene rings is 2. The molecule has 1 aromatic heterocycles. The van der Waals surface area contributed by atoms with Crippen molar-refractivity contribution < 1.29 is 19.3 Å². The van der Waals surface area contributed by atoms with Crippen molar-refractivity contribution in [2.24, 2.45) is 0 Å². The second-order valence-electron chi connectivity index (χ2n) is 5.70. The van der Waals surface area contributed by atoms with Crippen molar-refractivity contribution in [3.8, 4) is 0 Å². The predicted octanol–water partition coefficient (Wildman–Crippen LogP) is 1.84. The maximum absolute atomic E-state index is 12.4. The zero-order valence-corrected chi connectivity index (χ0v) is 14.3. The molecule has 0 saturated carbocycles. The molecule has 1 heterocycles. The molecule has 0 spiro atoms. The van der Waals surface area contributed by atoms with Gasteiger partial charge in [-0.2, -0.15) is 0 Å². The highest BCUT2D eigenvalue weighted by atomic mass is 31.2. The van der Waals surface area contributed by atoms with Gasteiger partial charge in [0.05, 0.1) is 21.3 Å². The number of rotatable bonds is 4. The maximum Gasteiger partial charge on any atom is 0.348 e. The van der Waals surface area contributed by atoms with Gasteiger partial charge in [0, 0.05) is 11.5 Å². The summed E-state index contributed by atoms with van der Waals surface area (Å²) in [6.45, 7) is 1.44. The molecular formula is C15H14N3O7P. The smallest absolute Gasteiger partial charge is 0.323 e.